The van der Waals surface area contributed by atoms with Gasteiger partial charge in [-0.1, -0.05) is 37.3 Å². The average Bonchev–Trinajstić information content (AvgIpc) is 2.39. The molecular formula is C15H18O4. The van der Waals surface area contributed by atoms with Crippen LogP contribution in [0.1, 0.15) is 31.7 Å². The first-order valence-electron chi connectivity index (χ1n) is 6.45. The highest BCUT2D eigenvalue weighted by Gasteiger charge is 2.44. The smallest absolute Gasteiger partial charge is 0.307 e. The number of hydrogen-bond donors (Lipinski definition) is 2. The molecule has 0 amide bonds. The van der Waals surface area contributed by atoms with Crippen molar-refractivity contribution in [1.82, 2.24) is 0 Å². The van der Waals surface area contributed by atoms with E-state index in [4.69, 9.17) is 5.11 Å². The predicted octanol–water partition coefficient (Wildman–Crippen LogP) is 2.53. The third-order valence-corrected chi connectivity index (χ3v) is 4.27. The Kier molecular flexibility index (Phi) is 3.60. The van der Waals surface area contributed by atoms with Gasteiger partial charge in [-0.15, -0.1) is 0 Å². The van der Waals surface area contributed by atoms with Crippen LogP contribution in [0.5, 0.6) is 0 Å². The number of benzene rings is 1. The molecule has 0 spiro atoms. The van der Waals surface area contributed by atoms with Crippen LogP contribution in [0.3, 0.4) is 0 Å². The van der Waals surface area contributed by atoms with E-state index < -0.39 is 23.8 Å². The second kappa shape index (κ2) is 5.03. The van der Waals surface area contributed by atoms with E-state index in [1.54, 1.807) is 0 Å². The number of hydrogen-bond acceptors (Lipinski definition) is 2. The van der Waals surface area contributed by atoms with Crippen LogP contribution in [0.25, 0.3) is 0 Å². The molecule has 4 heteroatoms. The summed E-state index contributed by atoms with van der Waals surface area (Å²) in [5, 5.41) is 18.4. The molecule has 0 saturated heterocycles. The molecule has 2 rings (SSSR count). The fraction of sp³-hybridized carbons (Fsp3) is 0.467. The predicted molar refractivity (Wildman–Crippen MR) is 69.9 cm³/mol. The van der Waals surface area contributed by atoms with E-state index in [0.29, 0.717) is 19.3 Å². The molecule has 0 heterocycles. The summed E-state index contributed by atoms with van der Waals surface area (Å²) in [6, 6.07) is 9.75. The molecule has 1 aromatic rings. The van der Waals surface area contributed by atoms with Gasteiger partial charge in [-0.2, -0.15) is 0 Å². The first kappa shape index (κ1) is 13.6. The summed E-state index contributed by atoms with van der Waals surface area (Å²) in [6.45, 7) is 2.02. The van der Waals surface area contributed by atoms with Crippen molar-refractivity contribution in [2.24, 2.45) is 11.8 Å². The Labute approximate surface area is 112 Å². The zero-order chi connectivity index (χ0) is 14.0. The largest absolute Gasteiger partial charge is 0.481 e. The lowest BCUT2D eigenvalue weighted by molar-refractivity contribution is -0.156. The second-order valence-corrected chi connectivity index (χ2v) is 5.56. The summed E-state index contributed by atoms with van der Waals surface area (Å²) in [4.78, 5) is 22.5. The Bertz CT molecular complexity index is 482. The maximum absolute atomic E-state index is 11.3. The summed E-state index contributed by atoms with van der Waals surface area (Å²) in [6.07, 6.45) is 1.50. The van der Waals surface area contributed by atoms with Gasteiger partial charge in [-0.25, -0.2) is 0 Å². The topological polar surface area (TPSA) is 74.6 Å². The van der Waals surface area contributed by atoms with Gasteiger partial charge in [0.05, 0.1) is 11.8 Å². The van der Waals surface area contributed by atoms with Crippen LogP contribution < -0.4 is 0 Å². The molecular weight excluding hydrogens is 244 g/mol. The van der Waals surface area contributed by atoms with Crippen molar-refractivity contribution >= 4 is 11.9 Å². The van der Waals surface area contributed by atoms with Crippen LogP contribution in [0.15, 0.2) is 30.3 Å². The Morgan fingerprint density at radius 2 is 1.68 bits per heavy atom. The van der Waals surface area contributed by atoms with E-state index in [1.807, 2.05) is 37.3 Å². The molecule has 1 aliphatic carbocycles. The SMILES string of the molecule is C[C@]1(c2ccccc2)CC[C@H](C(=O)O)[C@H](C(=O)O)C1. The number of carbonyl (C=O) groups is 2. The van der Waals surface area contributed by atoms with Gasteiger partial charge in [0.1, 0.15) is 0 Å². The van der Waals surface area contributed by atoms with Gasteiger partial charge in [0.25, 0.3) is 0 Å². The van der Waals surface area contributed by atoms with Crippen LogP contribution in [0, 0.1) is 11.8 Å². The van der Waals surface area contributed by atoms with Gasteiger partial charge in [0.15, 0.2) is 0 Å². The zero-order valence-corrected chi connectivity index (χ0v) is 10.9. The lowest BCUT2D eigenvalue weighted by Gasteiger charge is -2.40. The summed E-state index contributed by atoms with van der Waals surface area (Å²) in [7, 11) is 0. The molecule has 0 radical (unpaired) electrons. The first-order chi connectivity index (χ1) is 8.94. The molecule has 0 aliphatic heterocycles. The molecule has 0 unspecified atom stereocenters. The Hall–Kier alpha value is -1.84. The molecule has 2 N–H and O–H groups in total. The van der Waals surface area contributed by atoms with Gasteiger partial charge in [0.2, 0.25) is 0 Å². The highest BCUT2D eigenvalue weighted by molar-refractivity contribution is 5.80. The van der Waals surface area contributed by atoms with Gasteiger partial charge in [0, 0.05) is 0 Å². The van der Waals surface area contributed by atoms with E-state index in [1.165, 1.54) is 0 Å². The number of carboxylic acids is 2. The summed E-state index contributed by atoms with van der Waals surface area (Å²) < 4.78 is 0. The molecule has 1 fully saturated rings. The van der Waals surface area contributed by atoms with Gasteiger partial charge >= 0.3 is 11.9 Å². The Balaban J connectivity index is 2.28. The normalized spacial score (nSPS) is 30.8. The maximum atomic E-state index is 11.3. The van der Waals surface area contributed by atoms with Crippen LogP contribution in [0.4, 0.5) is 0 Å². The van der Waals surface area contributed by atoms with Crippen LogP contribution in [-0.4, -0.2) is 22.2 Å². The number of carboxylic acid groups (broad SMARTS) is 2. The third-order valence-electron chi connectivity index (χ3n) is 4.27. The average molecular weight is 262 g/mol. The van der Waals surface area contributed by atoms with E-state index >= 15 is 0 Å². The van der Waals surface area contributed by atoms with Crippen molar-refractivity contribution in [2.45, 2.75) is 31.6 Å². The van der Waals surface area contributed by atoms with Crippen molar-refractivity contribution in [1.29, 1.82) is 0 Å². The molecule has 1 saturated carbocycles. The second-order valence-electron chi connectivity index (χ2n) is 5.56. The summed E-state index contributed by atoms with van der Waals surface area (Å²) >= 11 is 0. The summed E-state index contributed by atoms with van der Waals surface area (Å²) in [5.41, 5.74) is 0.834. The van der Waals surface area contributed by atoms with Crippen molar-refractivity contribution in [3.63, 3.8) is 0 Å². The van der Waals surface area contributed by atoms with Crippen molar-refractivity contribution < 1.29 is 19.8 Å². The van der Waals surface area contributed by atoms with Crippen LogP contribution >= 0.6 is 0 Å². The lowest BCUT2D eigenvalue weighted by atomic mass is 9.63. The van der Waals surface area contributed by atoms with Gasteiger partial charge in [-0.3, -0.25) is 9.59 Å². The van der Waals surface area contributed by atoms with Crippen molar-refractivity contribution in [3.8, 4) is 0 Å². The summed E-state index contributed by atoms with van der Waals surface area (Å²) in [5.74, 6) is -3.58. The van der Waals surface area contributed by atoms with E-state index in [0.717, 1.165) is 5.56 Å². The number of rotatable bonds is 3. The fourth-order valence-corrected chi connectivity index (χ4v) is 3.06. The minimum Gasteiger partial charge on any atom is -0.481 e. The van der Waals surface area contributed by atoms with E-state index in [9.17, 15) is 14.7 Å². The third kappa shape index (κ3) is 2.62. The van der Waals surface area contributed by atoms with Gasteiger partial charge < -0.3 is 10.2 Å². The van der Waals surface area contributed by atoms with Gasteiger partial charge in [-0.05, 0) is 30.2 Å². The highest BCUT2D eigenvalue weighted by atomic mass is 16.4. The molecule has 102 valence electrons. The van der Waals surface area contributed by atoms with E-state index in [2.05, 4.69) is 0 Å². The van der Waals surface area contributed by atoms with Crippen LogP contribution in [0.2, 0.25) is 0 Å². The molecule has 19 heavy (non-hydrogen) atoms. The lowest BCUT2D eigenvalue weighted by Crippen LogP contribution is -2.41. The highest BCUT2D eigenvalue weighted by Crippen LogP contribution is 2.44. The van der Waals surface area contributed by atoms with Crippen molar-refractivity contribution in [2.75, 3.05) is 0 Å². The zero-order valence-electron chi connectivity index (χ0n) is 10.9. The van der Waals surface area contributed by atoms with E-state index in [-0.39, 0.29) is 5.41 Å². The molecule has 0 aromatic heterocycles. The van der Waals surface area contributed by atoms with Crippen molar-refractivity contribution in [3.05, 3.63) is 35.9 Å². The quantitative estimate of drug-likeness (QED) is 0.877. The minimum atomic E-state index is -1.01. The Morgan fingerprint density at radius 3 is 2.21 bits per heavy atom. The molecule has 3 atom stereocenters. The maximum Gasteiger partial charge on any atom is 0.307 e. The number of aliphatic carboxylic acids is 2. The first-order valence-corrected chi connectivity index (χ1v) is 6.45. The Morgan fingerprint density at radius 1 is 1.11 bits per heavy atom. The molecule has 1 aliphatic rings. The van der Waals surface area contributed by atoms with Crippen LogP contribution in [-0.2, 0) is 15.0 Å². The molecule has 1 aromatic carbocycles. The molecule has 0 bridgehead atoms. The standard InChI is InChI=1S/C15H18O4/c1-15(10-5-3-2-4-6-10)8-7-11(13(16)17)12(9-15)14(18)19/h2-6,11-12H,7-9H2,1H3,(H,16,17)(H,18,19)/t11-,12+,15-/m0/s1. The molecule has 4 nitrogen and oxygen atoms in total. The fourth-order valence-electron chi connectivity index (χ4n) is 3.06. The minimum absolute atomic E-state index is 0.254. The monoisotopic (exact) mass is 262 g/mol.